The summed E-state index contributed by atoms with van der Waals surface area (Å²) in [7, 11) is 1.66. The molecule has 1 saturated heterocycles. The highest BCUT2D eigenvalue weighted by molar-refractivity contribution is 5.92. The van der Waals surface area contributed by atoms with Crippen LogP contribution in [0.2, 0.25) is 0 Å². The van der Waals surface area contributed by atoms with Crippen LogP contribution in [0.4, 0.5) is 5.69 Å². The first-order valence-electron chi connectivity index (χ1n) is 6.01. The zero-order chi connectivity index (χ0) is 12.5. The van der Waals surface area contributed by atoms with E-state index >= 15 is 0 Å². The summed E-state index contributed by atoms with van der Waals surface area (Å²) < 4.78 is 5.37. The monoisotopic (exact) mass is 233 g/mol. The van der Waals surface area contributed by atoms with Gasteiger partial charge in [0.25, 0.3) is 0 Å². The van der Waals surface area contributed by atoms with Crippen molar-refractivity contribution in [3.63, 3.8) is 0 Å². The van der Waals surface area contributed by atoms with Gasteiger partial charge in [-0.05, 0) is 32.4 Å². The van der Waals surface area contributed by atoms with Crippen molar-refractivity contribution in [3.8, 4) is 5.75 Å². The van der Waals surface area contributed by atoms with E-state index in [1.807, 2.05) is 38.1 Å². The molecule has 1 aromatic carbocycles. The van der Waals surface area contributed by atoms with Crippen molar-refractivity contribution in [1.82, 2.24) is 0 Å². The number of ketones is 1. The summed E-state index contributed by atoms with van der Waals surface area (Å²) in [6, 6.07) is 7.87. The fourth-order valence-electron chi connectivity index (χ4n) is 2.41. The summed E-state index contributed by atoms with van der Waals surface area (Å²) in [5.74, 6) is 1.13. The molecule has 0 amide bonds. The van der Waals surface area contributed by atoms with Gasteiger partial charge in [-0.25, -0.2) is 0 Å². The highest BCUT2D eigenvalue weighted by Gasteiger charge is 2.38. The standard InChI is InChI=1S/C14H19NO2/c1-14(2)13(16)9-6-10-15(14)11-7-4-5-8-12(11)17-3/h4-5,7-8H,6,9-10H2,1-3H3. The topological polar surface area (TPSA) is 29.5 Å². The number of benzene rings is 1. The Balaban J connectivity index is 2.41. The maximum atomic E-state index is 12.0. The molecule has 3 nitrogen and oxygen atoms in total. The van der Waals surface area contributed by atoms with Crippen LogP contribution in [0.3, 0.4) is 0 Å². The Labute approximate surface area is 102 Å². The first-order chi connectivity index (χ1) is 8.07. The molecule has 1 aliphatic heterocycles. The second kappa shape index (κ2) is 4.40. The number of piperidine rings is 1. The molecular formula is C14H19NO2. The van der Waals surface area contributed by atoms with E-state index in [1.165, 1.54) is 0 Å². The third-order valence-corrected chi connectivity index (χ3v) is 3.52. The van der Waals surface area contributed by atoms with Gasteiger partial charge >= 0.3 is 0 Å². The number of para-hydroxylation sites is 2. The molecule has 0 radical (unpaired) electrons. The van der Waals surface area contributed by atoms with E-state index in [4.69, 9.17) is 4.74 Å². The molecule has 0 saturated carbocycles. The van der Waals surface area contributed by atoms with Crippen molar-refractivity contribution in [2.75, 3.05) is 18.6 Å². The van der Waals surface area contributed by atoms with Crippen molar-refractivity contribution < 1.29 is 9.53 Å². The fraction of sp³-hybridized carbons (Fsp3) is 0.500. The van der Waals surface area contributed by atoms with Crippen LogP contribution in [0.25, 0.3) is 0 Å². The number of Topliss-reactive ketones (excluding diaryl/α,β-unsaturated/α-hetero) is 1. The molecule has 1 aliphatic rings. The Morgan fingerprint density at radius 2 is 2.00 bits per heavy atom. The average Bonchev–Trinajstić information content (AvgIpc) is 2.33. The van der Waals surface area contributed by atoms with E-state index in [2.05, 4.69) is 4.90 Å². The lowest BCUT2D eigenvalue weighted by Gasteiger charge is -2.43. The number of carbonyl (C=O) groups excluding carboxylic acids is 1. The van der Waals surface area contributed by atoms with Crippen LogP contribution >= 0.6 is 0 Å². The molecule has 0 N–H and O–H groups in total. The zero-order valence-corrected chi connectivity index (χ0v) is 10.7. The van der Waals surface area contributed by atoms with E-state index in [-0.39, 0.29) is 0 Å². The van der Waals surface area contributed by atoms with Gasteiger partial charge in [-0.15, -0.1) is 0 Å². The zero-order valence-electron chi connectivity index (χ0n) is 10.7. The molecule has 2 rings (SSSR count). The molecule has 0 spiro atoms. The molecule has 1 heterocycles. The minimum absolute atomic E-state index is 0.301. The molecule has 3 heteroatoms. The van der Waals surface area contributed by atoms with Crippen LogP contribution in [0, 0.1) is 0 Å². The van der Waals surface area contributed by atoms with Crippen molar-refractivity contribution in [2.45, 2.75) is 32.2 Å². The highest BCUT2D eigenvalue weighted by Crippen LogP contribution is 2.36. The van der Waals surface area contributed by atoms with Gasteiger partial charge < -0.3 is 9.64 Å². The molecule has 0 unspecified atom stereocenters. The Morgan fingerprint density at radius 1 is 1.29 bits per heavy atom. The predicted molar refractivity (Wildman–Crippen MR) is 68.7 cm³/mol. The smallest absolute Gasteiger partial charge is 0.157 e. The summed E-state index contributed by atoms with van der Waals surface area (Å²) in [5, 5.41) is 0. The summed E-state index contributed by atoms with van der Waals surface area (Å²) in [6.07, 6.45) is 1.60. The Bertz CT molecular complexity index is 426. The first kappa shape index (κ1) is 12.0. The number of anilines is 1. The number of hydrogen-bond acceptors (Lipinski definition) is 3. The van der Waals surface area contributed by atoms with Crippen LogP contribution in [-0.2, 0) is 4.79 Å². The molecule has 1 fully saturated rings. The van der Waals surface area contributed by atoms with Gasteiger partial charge in [-0.2, -0.15) is 0 Å². The van der Waals surface area contributed by atoms with Crippen molar-refractivity contribution in [3.05, 3.63) is 24.3 Å². The van der Waals surface area contributed by atoms with Crippen LogP contribution in [0.5, 0.6) is 5.75 Å². The number of methoxy groups -OCH3 is 1. The third kappa shape index (κ3) is 2.02. The van der Waals surface area contributed by atoms with Gasteiger partial charge in [0.15, 0.2) is 5.78 Å². The van der Waals surface area contributed by atoms with E-state index in [0.29, 0.717) is 12.2 Å². The summed E-state index contributed by atoms with van der Waals surface area (Å²) in [6.45, 7) is 4.88. The number of hydrogen-bond donors (Lipinski definition) is 0. The Morgan fingerprint density at radius 3 is 2.71 bits per heavy atom. The molecular weight excluding hydrogens is 214 g/mol. The van der Waals surface area contributed by atoms with Crippen LogP contribution < -0.4 is 9.64 Å². The summed E-state index contributed by atoms with van der Waals surface area (Å²) >= 11 is 0. The van der Waals surface area contributed by atoms with Gasteiger partial charge in [-0.1, -0.05) is 12.1 Å². The molecule has 1 aromatic rings. The molecule has 92 valence electrons. The first-order valence-corrected chi connectivity index (χ1v) is 6.01. The van der Waals surface area contributed by atoms with Gasteiger partial charge in [0.2, 0.25) is 0 Å². The quantitative estimate of drug-likeness (QED) is 0.786. The predicted octanol–water partition coefficient (Wildman–Crippen LogP) is 2.64. The lowest BCUT2D eigenvalue weighted by molar-refractivity contribution is -0.124. The van der Waals surface area contributed by atoms with Gasteiger partial charge in [0.1, 0.15) is 5.75 Å². The highest BCUT2D eigenvalue weighted by atomic mass is 16.5. The maximum Gasteiger partial charge on any atom is 0.157 e. The van der Waals surface area contributed by atoms with E-state index in [1.54, 1.807) is 7.11 Å². The van der Waals surface area contributed by atoms with E-state index < -0.39 is 5.54 Å². The van der Waals surface area contributed by atoms with Crippen LogP contribution in [-0.4, -0.2) is 25.0 Å². The fourth-order valence-corrected chi connectivity index (χ4v) is 2.41. The minimum Gasteiger partial charge on any atom is -0.495 e. The Hall–Kier alpha value is -1.51. The van der Waals surface area contributed by atoms with Crippen LogP contribution in [0.1, 0.15) is 26.7 Å². The number of nitrogens with zero attached hydrogens (tertiary/aromatic N) is 1. The number of carbonyl (C=O) groups is 1. The van der Waals surface area contributed by atoms with Gasteiger partial charge in [0, 0.05) is 13.0 Å². The van der Waals surface area contributed by atoms with Crippen molar-refractivity contribution in [2.24, 2.45) is 0 Å². The second-order valence-corrected chi connectivity index (χ2v) is 4.91. The molecule has 0 aliphatic carbocycles. The largest absolute Gasteiger partial charge is 0.495 e. The summed E-state index contributed by atoms with van der Waals surface area (Å²) in [4.78, 5) is 14.2. The third-order valence-electron chi connectivity index (χ3n) is 3.52. The normalized spacial score (nSPS) is 19.2. The SMILES string of the molecule is COc1ccccc1N1CCCC(=O)C1(C)C. The summed E-state index contributed by atoms with van der Waals surface area (Å²) in [5.41, 5.74) is 0.570. The van der Waals surface area contributed by atoms with Gasteiger partial charge in [0.05, 0.1) is 18.3 Å². The van der Waals surface area contributed by atoms with Gasteiger partial charge in [-0.3, -0.25) is 4.79 Å². The van der Waals surface area contributed by atoms with E-state index in [9.17, 15) is 4.79 Å². The molecule has 0 bridgehead atoms. The second-order valence-electron chi connectivity index (χ2n) is 4.91. The molecule has 0 aromatic heterocycles. The molecule has 17 heavy (non-hydrogen) atoms. The van der Waals surface area contributed by atoms with Crippen molar-refractivity contribution in [1.29, 1.82) is 0 Å². The molecule has 0 atom stereocenters. The van der Waals surface area contributed by atoms with Crippen molar-refractivity contribution >= 4 is 11.5 Å². The minimum atomic E-state index is -0.438. The van der Waals surface area contributed by atoms with Crippen LogP contribution in [0.15, 0.2) is 24.3 Å². The maximum absolute atomic E-state index is 12.0. The Kier molecular flexibility index (Phi) is 3.09. The number of ether oxygens (including phenoxy) is 1. The number of rotatable bonds is 2. The lowest BCUT2D eigenvalue weighted by Crippen LogP contribution is -2.54. The lowest BCUT2D eigenvalue weighted by atomic mass is 9.88. The average molecular weight is 233 g/mol. The van der Waals surface area contributed by atoms with E-state index in [0.717, 1.165) is 24.4 Å².